The standard InChI is InChI=1S/C14H13NO2/c1-9(16)10-4-5-13-12(7-10)8-11-3-2-6-15-14(11)17-13/h2-7,9,16H,8H2,1H3. The van der Waals surface area contributed by atoms with E-state index in [4.69, 9.17) is 4.74 Å². The van der Waals surface area contributed by atoms with E-state index in [-0.39, 0.29) is 0 Å². The van der Waals surface area contributed by atoms with E-state index < -0.39 is 6.10 Å². The summed E-state index contributed by atoms with van der Waals surface area (Å²) in [4.78, 5) is 4.20. The van der Waals surface area contributed by atoms with Crippen molar-refractivity contribution in [1.29, 1.82) is 0 Å². The lowest BCUT2D eigenvalue weighted by atomic mass is 9.99. The molecule has 2 aromatic rings. The molecular weight excluding hydrogens is 214 g/mol. The second-order valence-electron chi connectivity index (χ2n) is 4.29. The summed E-state index contributed by atoms with van der Waals surface area (Å²) in [5, 5.41) is 9.57. The van der Waals surface area contributed by atoms with Gasteiger partial charge in [-0.1, -0.05) is 12.1 Å². The van der Waals surface area contributed by atoms with Crippen LogP contribution in [0.1, 0.15) is 29.7 Å². The molecule has 0 radical (unpaired) electrons. The van der Waals surface area contributed by atoms with Gasteiger partial charge in [-0.25, -0.2) is 4.98 Å². The Bertz CT molecular complexity index is 564. The maximum Gasteiger partial charge on any atom is 0.222 e. The number of benzene rings is 1. The van der Waals surface area contributed by atoms with Crippen LogP contribution in [0.2, 0.25) is 0 Å². The molecule has 0 fully saturated rings. The lowest BCUT2D eigenvalue weighted by Crippen LogP contribution is -2.05. The van der Waals surface area contributed by atoms with Gasteiger partial charge in [-0.05, 0) is 36.2 Å². The highest BCUT2D eigenvalue weighted by Gasteiger charge is 2.18. The smallest absolute Gasteiger partial charge is 0.222 e. The molecule has 0 amide bonds. The molecule has 0 saturated carbocycles. The van der Waals surface area contributed by atoms with E-state index in [0.717, 1.165) is 28.9 Å². The first-order chi connectivity index (χ1) is 8.24. The van der Waals surface area contributed by atoms with Gasteiger partial charge in [0.05, 0.1) is 6.10 Å². The first kappa shape index (κ1) is 10.3. The Labute approximate surface area is 99.7 Å². The van der Waals surface area contributed by atoms with Crippen LogP contribution < -0.4 is 4.74 Å². The lowest BCUT2D eigenvalue weighted by molar-refractivity contribution is 0.199. The second-order valence-corrected chi connectivity index (χ2v) is 4.29. The molecule has 0 bridgehead atoms. The van der Waals surface area contributed by atoms with Gasteiger partial charge < -0.3 is 9.84 Å². The number of aliphatic hydroxyl groups excluding tert-OH is 1. The highest BCUT2D eigenvalue weighted by atomic mass is 16.5. The third-order valence-electron chi connectivity index (χ3n) is 3.00. The number of ether oxygens (including phenoxy) is 1. The fourth-order valence-corrected chi connectivity index (χ4v) is 2.06. The van der Waals surface area contributed by atoms with Crippen molar-refractivity contribution in [3.05, 3.63) is 53.2 Å². The number of rotatable bonds is 1. The molecule has 3 nitrogen and oxygen atoms in total. The molecule has 1 unspecified atom stereocenters. The van der Waals surface area contributed by atoms with E-state index >= 15 is 0 Å². The van der Waals surface area contributed by atoms with E-state index in [1.807, 2.05) is 30.3 Å². The van der Waals surface area contributed by atoms with Crippen molar-refractivity contribution in [2.45, 2.75) is 19.4 Å². The Morgan fingerprint density at radius 1 is 1.29 bits per heavy atom. The first-order valence-electron chi connectivity index (χ1n) is 5.66. The fourth-order valence-electron chi connectivity index (χ4n) is 2.06. The Morgan fingerprint density at radius 3 is 3.00 bits per heavy atom. The van der Waals surface area contributed by atoms with E-state index in [0.29, 0.717) is 5.88 Å². The van der Waals surface area contributed by atoms with Crippen LogP contribution in [-0.2, 0) is 6.42 Å². The van der Waals surface area contributed by atoms with Gasteiger partial charge in [-0.2, -0.15) is 0 Å². The third kappa shape index (κ3) is 1.78. The molecule has 1 aliphatic rings. The van der Waals surface area contributed by atoms with Gasteiger partial charge in [0.15, 0.2) is 0 Å². The summed E-state index contributed by atoms with van der Waals surface area (Å²) in [5.74, 6) is 1.52. The van der Waals surface area contributed by atoms with Gasteiger partial charge in [0.25, 0.3) is 0 Å². The number of hydrogen-bond acceptors (Lipinski definition) is 3. The summed E-state index contributed by atoms with van der Waals surface area (Å²) in [5.41, 5.74) is 3.10. The number of nitrogens with zero attached hydrogens (tertiary/aromatic N) is 1. The number of pyridine rings is 1. The van der Waals surface area contributed by atoms with Crippen LogP contribution in [0.5, 0.6) is 11.6 Å². The predicted molar refractivity (Wildman–Crippen MR) is 64.2 cm³/mol. The van der Waals surface area contributed by atoms with Crippen molar-refractivity contribution in [1.82, 2.24) is 4.98 Å². The highest BCUT2D eigenvalue weighted by Crippen LogP contribution is 2.35. The SMILES string of the molecule is CC(O)c1ccc2c(c1)Cc1cccnc1O2. The van der Waals surface area contributed by atoms with E-state index in [2.05, 4.69) is 4.98 Å². The van der Waals surface area contributed by atoms with Crippen LogP contribution >= 0.6 is 0 Å². The van der Waals surface area contributed by atoms with Crippen LogP contribution in [0.4, 0.5) is 0 Å². The fraction of sp³-hybridized carbons (Fsp3) is 0.214. The van der Waals surface area contributed by atoms with Gasteiger partial charge in [0.1, 0.15) is 5.75 Å². The van der Waals surface area contributed by atoms with Crippen LogP contribution in [-0.4, -0.2) is 10.1 Å². The van der Waals surface area contributed by atoms with Gasteiger partial charge in [-0.3, -0.25) is 0 Å². The zero-order chi connectivity index (χ0) is 11.8. The molecule has 17 heavy (non-hydrogen) atoms. The maximum absolute atomic E-state index is 9.57. The molecule has 1 aromatic heterocycles. The molecule has 3 heteroatoms. The monoisotopic (exact) mass is 227 g/mol. The van der Waals surface area contributed by atoms with E-state index in [1.54, 1.807) is 13.1 Å². The molecular formula is C14H13NO2. The third-order valence-corrected chi connectivity index (χ3v) is 3.00. The minimum atomic E-state index is -0.449. The van der Waals surface area contributed by atoms with Gasteiger partial charge in [-0.15, -0.1) is 0 Å². The van der Waals surface area contributed by atoms with Crippen LogP contribution in [0.15, 0.2) is 36.5 Å². The van der Waals surface area contributed by atoms with Crippen molar-refractivity contribution in [3.8, 4) is 11.6 Å². The van der Waals surface area contributed by atoms with Crippen molar-refractivity contribution in [2.75, 3.05) is 0 Å². The molecule has 0 saturated heterocycles. The Hall–Kier alpha value is -1.87. The molecule has 86 valence electrons. The summed E-state index contributed by atoms with van der Waals surface area (Å²) in [6.45, 7) is 1.76. The molecule has 0 aliphatic carbocycles. The van der Waals surface area contributed by atoms with Gasteiger partial charge in [0.2, 0.25) is 5.88 Å². The number of aliphatic hydroxyl groups is 1. The predicted octanol–water partition coefficient (Wildman–Crippen LogP) is 2.83. The summed E-state index contributed by atoms with van der Waals surface area (Å²) >= 11 is 0. The van der Waals surface area contributed by atoms with Gasteiger partial charge >= 0.3 is 0 Å². The average Bonchev–Trinajstić information content (AvgIpc) is 2.35. The topological polar surface area (TPSA) is 42.4 Å². The lowest BCUT2D eigenvalue weighted by Gasteiger charge is -2.20. The minimum absolute atomic E-state index is 0.449. The number of fused-ring (bicyclic) bond motifs is 2. The van der Waals surface area contributed by atoms with Gasteiger partial charge in [0, 0.05) is 18.2 Å². The van der Waals surface area contributed by atoms with Crippen LogP contribution in [0.25, 0.3) is 0 Å². The van der Waals surface area contributed by atoms with E-state index in [1.165, 1.54) is 0 Å². The quantitative estimate of drug-likeness (QED) is 0.695. The first-order valence-corrected chi connectivity index (χ1v) is 5.66. The molecule has 1 N–H and O–H groups in total. The number of aromatic nitrogens is 1. The Kier molecular flexibility index (Phi) is 2.34. The molecule has 1 aromatic carbocycles. The maximum atomic E-state index is 9.57. The molecule has 3 rings (SSSR count). The summed E-state index contributed by atoms with van der Waals surface area (Å²) < 4.78 is 5.72. The molecule has 1 aliphatic heterocycles. The average molecular weight is 227 g/mol. The van der Waals surface area contributed by atoms with Crippen LogP contribution in [0, 0.1) is 0 Å². The molecule has 0 spiro atoms. The van der Waals surface area contributed by atoms with Crippen molar-refractivity contribution < 1.29 is 9.84 Å². The van der Waals surface area contributed by atoms with Crippen molar-refractivity contribution in [2.24, 2.45) is 0 Å². The zero-order valence-corrected chi connectivity index (χ0v) is 9.55. The normalized spacial score (nSPS) is 14.5. The summed E-state index contributed by atoms with van der Waals surface area (Å²) in [6, 6.07) is 9.70. The van der Waals surface area contributed by atoms with Crippen molar-refractivity contribution in [3.63, 3.8) is 0 Å². The molecule has 1 atom stereocenters. The van der Waals surface area contributed by atoms with E-state index in [9.17, 15) is 5.11 Å². The number of hydrogen-bond donors (Lipinski definition) is 1. The molecule has 2 heterocycles. The van der Waals surface area contributed by atoms with Crippen LogP contribution in [0.3, 0.4) is 0 Å². The zero-order valence-electron chi connectivity index (χ0n) is 9.55. The Morgan fingerprint density at radius 2 is 2.18 bits per heavy atom. The summed E-state index contributed by atoms with van der Waals surface area (Å²) in [7, 11) is 0. The minimum Gasteiger partial charge on any atom is -0.438 e. The Balaban J connectivity index is 2.03. The van der Waals surface area contributed by atoms with Crippen molar-refractivity contribution >= 4 is 0 Å². The highest BCUT2D eigenvalue weighted by molar-refractivity contribution is 5.48. The largest absolute Gasteiger partial charge is 0.438 e. The second kappa shape index (κ2) is 3.86. The summed E-state index contributed by atoms with van der Waals surface area (Å²) in [6.07, 6.45) is 2.09.